The molecule has 0 saturated heterocycles. The van der Waals surface area contributed by atoms with Crippen LogP contribution in [0.2, 0.25) is 0 Å². The standard InChI is InChI=1S/C12H24N4S/c1-9(7-8-16(5)6)13-11-14-10(15-17-11)12(2,3)4/h9H,7-8H2,1-6H3,(H,13,14,15). The van der Waals surface area contributed by atoms with Crippen molar-refractivity contribution >= 4 is 16.7 Å². The van der Waals surface area contributed by atoms with Gasteiger partial charge in [0, 0.05) is 23.0 Å². The van der Waals surface area contributed by atoms with E-state index in [1.807, 2.05) is 0 Å². The van der Waals surface area contributed by atoms with Crippen LogP contribution in [0, 0.1) is 0 Å². The van der Waals surface area contributed by atoms with Crippen LogP contribution in [-0.2, 0) is 5.41 Å². The predicted octanol–water partition coefficient (Wildman–Crippen LogP) is 2.59. The molecule has 4 nitrogen and oxygen atoms in total. The first-order chi connectivity index (χ1) is 7.79. The van der Waals surface area contributed by atoms with Crippen molar-refractivity contribution in [3.05, 3.63) is 5.82 Å². The number of nitrogens with zero attached hydrogens (tertiary/aromatic N) is 3. The minimum absolute atomic E-state index is 0.0311. The molecule has 0 aliphatic rings. The molecule has 1 aromatic heterocycles. The van der Waals surface area contributed by atoms with Crippen LogP contribution < -0.4 is 5.32 Å². The third-order valence-corrected chi connectivity index (χ3v) is 3.12. The second-order valence-electron chi connectivity index (χ2n) is 5.81. The third-order valence-electron chi connectivity index (χ3n) is 2.48. The average molecular weight is 256 g/mol. The Morgan fingerprint density at radius 2 is 2.00 bits per heavy atom. The van der Waals surface area contributed by atoms with Gasteiger partial charge in [-0.2, -0.15) is 4.37 Å². The van der Waals surface area contributed by atoms with Gasteiger partial charge in [0.15, 0.2) is 0 Å². The SMILES string of the molecule is CC(CCN(C)C)Nc1nc(C(C)(C)C)ns1. The highest BCUT2D eigenvalue weighted by atomic mass is 32.1. The molecule has 5 heteroatoms. The highest BCUT2D eigenvalue weighted by Crippen LogP contribution is 2.23. The maximum Gasteiger partial charge on any atom is 0.202 e. The zero-order chi connectivity index (χ0) is 13.1. The van der Waals surface area contributed by atoms with Gasteiger partial charge in [0.25, 0.3) is 0 Å². The molecular weight excluding hydrogens is 232 g/mol. The molecule has 0 fully saturated rings. The zero-order valence-corrected chi connectivity index (χ0v) is 12.6. The Morgan fingerprint density at radius 1 is 1.35 bits per heavy atom. The van der Waals surface area contributed by atoms with Crippen LogP contribution in [0.1, 0.15) is 39.9 Å². The van der Waals surface area contributed by atoms with Gasteiger partial charge in [0.2, 0.25) is 5.13 Å². The lowest BCUT2D eigenvalue weighted by molar-refractivity contribution is 0.390. The van der Waals surface area contributed by atoms with Gasteiger partial charge in [-0.25, -0.2) is 4.98 Å². The summed E-state index contributed by atoms with van der Waals surface area (Å²) in [5.74, 6) is 0.921. The Morgan fingerprint density at radius 3 is 2.47 bits per heavy atom. The van der Waals surface area contributed by atoms with E-state index in [-0.39, 0.29) is 5.41 Å². The number of aromatic nitrogens is 2. The average Bonchev–Trinajstić information content (AvgIpc) is 2.62. The summed E-state index contributed by atoms with van der Waals surface area (Å²) in [4.78, 5) is 6.72. The monoisotopic (exact) mass is 256 g/mol. The minimum atomic E-state index is 0.0311. The first-order valence-corrected chi connectivity index (χ1v) is 6.82. The molecule has 0 saturated carbocycles. The van der Waals surface area contributed by atoms with Gasteiger partial charge in [0.1, 0.15) is 5.82 Å². The zero-order valence-electron chi connectivity index (χ0n) is 11.7. The maximum atomic E-state index is 4.53. The summed E-state index contributed by atoms with van der Waals surface area (Å²) in [7, 11) is 4.19. The van der Waals surface area contributed by atoms with E-state index < -0.39 is 0 Å². The van der Waals surface area contributed by atoms with E-state index in [1.165, 1.54) is 11.5 Å². The summed E-state index contributed by atoms with van der Waals surface area (Å²) in [5.41, 5.74) is 0.0311. The molecular formula is C12H24N4S. The normalized spacial score (nSPS) is 14.1. The molecule has 0 spiro atoms. The number of rotatable bonds is 5. The van der Waals surface area contributed by atoms with E-state index in [4.69, 9.17) is 0 Å². The molecule has 0 aromatic carbocycles. The summed E-state index contributed by atoms with van der Waals surface area (Å²) >= 11 is 1.45. The summed E-state index contributed by atoms with van der Waals surface area (Å²) < 4.78 is 4.39. The van der Waals surface area contributed by atoms with Crippen LogP contribution in [0.3, 0.4) is 0 Å². The van der Waals surface area contributed by atoms with Crippen molar-refractivity contribution in [1.82, 2.24) is 14.3 Å². The molecule has 0 radical (unpaired) electrons. The van der Waals surface area contributed by atoms with Gasteiger partial charge in [0.05, 0.1) is 0 Å². The van der Waals surface area contributed by atoms with Crippen LogP contribution in [-0.4, -0.2) is 40.9 Å². The van der Waals surface area contributed by atoms with E-state index in [2.05, 4.69) is 61.4 Å². The van der Waals surface area contributed by atoms with Gasteiger partial charge in [-0.1, -0.05) is 20.8 Å². The smallest absolute Gasteiger partial charge is 0.202 e. The molecule has 0 aliphatic carbocycles. The molecule has 0 bridgehead atoms. The Bertz CT molecular complexity index is 341. The topological polar surface area (TPSA) is 41.0 Å². The molecule has 1 N–H and O–H groups in total. The van der Waals surface area contributed by atoms with Crippen molar-refractivity contribution in [2.75, 3.05) is 26.0 Å². The number of hydrogen-bond acceptors (Lipinski definition) is 5. The molecule has 0 aliphatic heterocycles. The lowest BCUT2D eigenvalue weighted by atomic mass is 9.96. The first kappa shape index (κ1) is 14.4. The highest BCUT2D eigenvalue weighted by Gasteiger charge is 2.19. The largest absolute Gasteiger partial charge is 0.358 e. The predicted molar refractivity (Wildman–Crippen MR) is 74.9 cm³/mol. The van der Waals surface area contributed by atoms with E-state index in [9.17, 15) is 0 Å². The fourth-order valence-electron chi connectivity index (χ4n) is 1.32. The number of anilines is 1. The fourth-order valence-corrected chi connectivity index (χ4v) is 2.19. The maximum absolute atomic E-state index is 4.53. The second kappa shape index (κ2) is 5.78. The number of hydrogen-bond donors (Lipinski definition) is 1. The molecule has 98 valence electrons. The quantitative estimate of drug-likeness (QED) is 0.879. The molecule has 1 heterocycles. The molecule has 1 atom stereocenters. The molecule has 17 heavy (non-hydrogen) atoms. The van der Waals surface area contributed by atoms with Crippen molar-refractivity contribution in [2.45, 2.75) is 45.6 Å². The van der Waals surface area contributed by atoms with Gasteiger partial charge in [-0.15, -0.1) is 0 Å². The third kappa shape index (κ3) is 5.00. The van der Waals surface area contributed by atoms with Crippen molar-refractivity contribution in [2.24, 2.45) is 0 Å². The van der Waals surface area contributed by atoms with Crippen LogP contribution >= 0.6 is 11.5 Å². The molecule has 1 rings (SSSR count). The van der Waals surface area contributed by atoms with Crippen LogP contribution in [0.5, 0.6) is 0 Å². The van der Waals surface area contributed by atoms with E-state index >= 15 is 0 Å². The Kier molecular flexibility index (Phi) is 4.89. The van der Waals surface area contributed by atoms with Crippen LogP contribution in [0.4, 0.5) is 5.13 Å². The van der Waals surface area contributed by atoms with E-state index in [1.54, 1.807) is 0 Å². The van der Waals surface area contributed by atoms with Crippen molar-refractivity contribution in [3.8, 4) is 0 Å². The Hall–Kier alpha value is -0.680. The van der Waals surface area contributed by atoms with Crippen molar-refractivity contribution in [1.29, 1.82) is 0 Å². The molecule has 1 unspecified atom stereocenters. The number of nitrogens with one attached hydrogen (secondary N) is 1. The second-order valence-corrected chi connectivity index (χ2v) is 6.56. The summed E-state index contributed by atoms with van der Waals surface area (Å²) in [5, 5.41) is 4.34. The Balaban J connectivity index is 2.49. The van der Waals surface area contributed by atoms with E-state index in [0.717, 1.165) is 23.9 Å². The van der Waals surface area contributed by atoms with Crippen molar-refractivity contribution in [3.63, 3.8) is 0 Å². The van der Waals surface area contributed by atoms with E-state index in [0.29, 0.717) is 6.04 Å². The van der Waals surface area contributed by atoms with Gasteiger partial charge < -0.3 is 10.2 Å². The summed E-state index contributed by atoms with van der Waals surface area (Å²) in [6, 6.07) is 0.429. The summed E-state index contributed by atoms with van der Waals surface area (Å²) in [6.45, 7) is 9.66. The Labute approximate surface area is 109 Å². The molecule has 1 aromatic rings. The highest BCUT2D eigenvalue weighted by molar-refractivity contribution is 7.09. The lowest BCUT2D eigenvalue weighted by Gasteiger charge is -2.16. The van der Waals surface area contributed by atoms with Crippen LogP contribution in [0.25, 0.3) is 0 Å². The first-order valence-electron chi connectivity index (χ1n) is 6.04. The van der Waals surface area contributed by atoms with Crippen LogP contribution in [0.15, 0.2) is 0 Å². The summed E-state index contributed by atoms with van der Waals surface area (Å²) in [6.07, 6.45) is 1.11. The van der Waals surface area contributed by atoms with Gasteiger partial charge in [-0.3, -0.25) is 0 Å². The van der Waals surface area contributed by atoms with Gasteiger partial charge >= 0.3 is 0 Å². The minimum Gasteiger partial charge on any atom is -0.358 e. The fraction of sp³-hybridized carbons (Fsp3) is 0.833. The van der Waals surface area contributed by atoms with Gasteiger partial charge in [-0.05, 0) is 34.0 Å². The lowest BCUT2D eigenvalue weighted by Crippen LogP contribution is -2.23. The molecule has 0 amide bonds. The van der Waals surface area contributed by atoms with Crippen molar-refractivity contribution < 1.29 is 0 Å².